The van der Waals surface area contributed by atoms with Crippen LogP contribution in [0.4, 0.5) is 5.69 Å². The van der Waals surface area contributed by atoms with E-state index in [4.69, 9.17) is 9.31 Å². The number of hydrogen-bond donors (Lipinski definition) is 2. The molecule has 148 valence electrons. The van der Waals surface area contributed by atoms with Crippen LogP contribution in [0.3, 0.4) is 0 Å². The van der Waals surface area contributed by atoms with Crippen LogP contribution >= 0.6 is 0 Å². The smallest absolute Gasteiger partial charge is 0.478 e. The van der Waals surface area contributed by atoms with E-state index in [0.29, 0.717) is 5.56 Å². The Bertz CT molecular complexity index is 754. The number of piperazine rings is 1. The van der Waals surface area contributed by atoms with Crippen LogP contribution in [-0.4, -0.2) is 55.6 Å². The fraction of sp³-hybridized carbons (Fsp3) is 0.650. The highest BCUT2D eigenvalue weighted by molar-refractivity contribution is 6.63. The minimum absolute atomic E-state index is 0.360. The summed E-state index contributed by atoms with van der Waals surface area (Å²) in [6, 6.07) is 0. The molecule has 1 aromatic carbocycles. The normalized spacial score (nSPS) is 21.6. The molecular formula is C20H31BN2O4. The van der Waals surface area contributed by atoms with Crippen molar-refractivity contribution in [2.75, 3.05) is 31.1 Å². The number of hydrogen-bond acceptors (Lipinski definition) is 5. The molecule has 7 heteroatoms. The first-order chi connectivity index (χ1) is 12.5. The van der Waals surface area contributed by atoms with E-state index in [1.54, 1.807) is 0 Å². The summed E-state index contributed by atoms with van der Waals surface area (Å²) in [6.45, 7) is 17.4. The van der Waals surface area contributed by atoms with Crippen molar-refractivity contribution in [2.24, 2.45) is 0 Å². The third kappa shape index (κ3) is 3.26. The molecule has 0 aliphatic carbocycles. The van der Waals surface area contributed by atoms with Crippen LogP contribution < -0.4 is 15.7 Å². The average molecular weight is 374 g/mol. The Hall–Kier alpha value is -1.57. The molecule has 2 N–H and O–H groups in total. The standard InChI is InChI=1S/C20H31BN2O4/c1-12-15(18(24)25)13(2)17(23-10-8-22-9-11-23)14(3)16(12)21-26-19(4,5)20(6,7)27-21/h22H,8-11H2,1-7H3,(H,24,25). The number of rotatable bonds is 3. The van der Waals surface area contributed by atoms with Crippen molar-refractivity contribution < 1.29 is 19.2 Å². The fourth-order valence-corrected chi connectivity index (χ4v) is 4.22. The molecule has 0 spiro atoms. The van der Waals surface area contributed by atoms with Gasteiger partial charge in [-0.15, -0.1) is 0 Å². The Kier molecular flexibility index (Phi) is 5.08. The van der Waals surface area contributed by atoms with Crippen molar-refractivity contribution in [1.29, 1.82) is 0 Å². The first kappa shape index (κ1) is 20.2. The highest BCUT2D eigenvalue weighted by Gasteiger charge is 2.53. The molecular weight excluding hydrogens is 343 g/mol. The molecule has 2 aliphatic rings. The molecule has 2 saturated heterocycles. The molecule has 0 atom stereocenters. The molecule has 0 saturated carbocycles. The maximum absolute atomic E-state index is 12.1. The van der Waals surface area contributed by atoms with Crippen LogP contribution in [-0.2, 0) is 9.31 Å². The van der Waals surface area contributed by atoms with Crippen LogP contribution in [0.5, 0.6) is 0 Å². The summed E-state index contributed by atoms with van der Waals surface area (Å²) < 4.78 is 12.6. The summed E-state index contributed by atoms with van der Waals surface area (Å²) in [5, 5.41) is 13.3. The van der Waals surface area contributed by atoms with Gasteiger partial charge in [0, 0.05) is 31.9 Å². The van der Waals surface area contributed by atoms with Gasteiger partial charge in [0.1, 0.15) is 0 Å². The largest absolute Gasteiger partial charge is 0.495 e. The molecule has 6 nitrogen and oxygen atoms in total. The summed E-state index contributed by atoms with van der Waals surface area (Å²) in [5.41, 5.74) is 3.87. The molecule has 3 rings (SSSR count). The van der Waals surface area contributed by atoms with Crippen molar-refractivity contribution in [3.05, 3.63) is 22.3 Å². The second-order valence-corrected chi connectivity index (χ2v) is 8.64. The van der Waals surface area contributed by atoms with E-state index in [0.717, 1.165) is 54.0 Å². The molecule has 2 aliphatic heterocycles. The molecule has 0 radical (unpaired) electrons. The SMILES string of the molecule is Cc1c(B2OC(C)(C)C(C)(C)O2)c(C)c(N2CCNCC2)c(C)c1C(=O)O. The second-order valence-electron chi connectivity index (χ2n) is 8.64. The summed E-state index contributed by atoms with van der Waals surface area (Å²) >= 11 is 0. The van der Waals surface area contributed by atoms with E-state index < -0.39 is 24.3 Å². The summed E-state index contributed by atoms with van der Waals surface area (Å²) in [7, 11) is -0.574. The number of nitrogens with one attached hydrogen (secondary N) is 1. The first-order valence-corrected chi connectivity index (χ1v) is 9.66. The number of anilines is 1. The van der Waals surface area contributed by atoms with Gasteiger partial charge < -0.3 is 24.6 Å². The van der Waals surface area contributed by atoms with Gasteiger partial charge in [0.15, 0.2) is 0 Å². The zero-order chi connectivity index (χ0) is 20.1. The third-order valence-electron chi connectivity index (χ3n) is 6.40. The summed E-state index contributed by atoms with van der Waals surface area (Å²) in [4.78, 5) is 14.4. The van der Waals surface area contributed by atoms with Crippen LogP contribution in [0, 0.1) is 20.8 Å². The van der Waals surface area contributed by atoms with Crippen molar-refractivity contribution >= 4 is 24.2 Å². The van der Waals surface area contributed by atoms with Crippen molar-refractivity contribution in [1.82, 2.24) is 5.32 Å². The third-order valence-corrected chi connectivity index (χ3v) is 6.40. The second kappa shape index (κ2) is 6.80. The molecule has 0 bridgehead atoms. The van der Waals surface area contributed by atoms with Gasteiger partial charge in [-0.2, -0.15) is 0 Å². The van der Waals surface area contributed by atoms with Crippen molar-refractivity contribution in [3.63, 3.8) is 0 Å². The molecule has 2 heterocycles. The van der Waals surface area contributed by atoms with Crippen molar-refractivity contribution in [3.8, 4) is 0 Å². The highest BCUT2D eigenvalue weighted by atomic mass is 16.7. The first-order valence-electron chi connectivity index (χ1n) is 9.66. The maximum atomic E-state index is 12.1. The van der Waals surface area contributed by atoms with Crippen LogP contribution in [0.1, 0.15) is 54.7 Å². The number of carboxylic acid groups (broad SMARTS) is 1. The molecule has 0 amide bonds. The number of nitrogens with zero attached hydrogens (tertiary/aromatic N) is 1. The van der Waals surface area contributed by atoms with Crippen LogP contribution in [0.25, 0.3) is 0 Å². The van der Waals surface area contributed by atoms with Gasteiger partial charge in [-0.1, -0.05) is 0 Å². The van der Waals surface area contributed by atoms with E-state index in [-0.39, 0.29) is 0 Å². The van der Waals surface area contributed by atoms with Gasteiger partial charge in [0.2, 0.25) is 0 Å². The molecule has 1 aromatic rings. The highest BCUT2D eigenvalue weighted by Crippen LogP contribution is 2.38. The van der Waals surface area contributed by atoms with E-state index in [1.165, 1.54) is 0 Å². The van der Waals surface area contributed by atoms with Gasteiger partial charge in [0.05, 0.1) is 16.8 Å². The lowest BCUT2D eigenvalue weighted by atomic mass is 9.70. The summed E-state index contributed by atoms with van der Waals surface area (Å²) in [5.74, 6) is -0.904. The fourth-order valence-electron chi connectivity index (χ4n) is 4.22. The Morgan fingerprint density at radius 3 is 2.00 bits per heavy atom. The van der Waals surface area contributed by atoms with Gasteiger partial charge in [-0.05, 0) is 70.6 Å². The lowest BCUT2D eigenvalue weighted by Crippen LogP contribution is -2.46. The van der Waals surface area contributed by atoms with E-state index in [9.17, 15) is 9.90 Å². The zero-order valence-corrected chi connectivity index (χ0v) is 17.5. The lowest BCUT2D eigenvalue weighted by Gasteiger charge is -2.34. The average Bonchev–Trinajstić information content (AvgIpc) is 2.75. The van der Waals surface area contributed by atoms with Crippen LogP contribution in [0.2, 0.25) is 0 Å². The minimum Gasteiger partial charge on any atom is -0.478 e. The quantitative estimate of drug-likeness (QED) is 0.789. The predicted octanol–water partition coefficient (Wildman–Crippen LogP) is 2.02. The zero-order valence-electron chi connectivity index (χ0n) is 17.5. The Labute approximate surface area is 162 Å². The molecule has 2 fully saturated rings. The monoisotopic (exact) mass is 374 g/mol. The molecule has 0 unspecified atom stereocenters. The minimum atomic E-state index is -0.904. The van der Waals surface area contributed by atoms with Gasteiger partial charge in [-0.25, -0.2) is 4.79 Å². The predicted molar refractivity (Wildman–Crippen MR) is 108 cm³/mol. The maximum Gasteiger partial charge on any atom is 0.495 e. The Morgan fingerprint density at radius 1 is 1.00 bits per heavy atom. The van der Waals surface area contributed by atoms with E-state index >= 15 is 0 Å². The van der Waals surface area contributed by atoms with Crippen molar-refractivity contribution in [2.45, 2.75) is 59.7 Å². The number of carbonyl (C=O) groups is 1. The number of carboxylic acids is 1. The topological polar surface area (TPSA) is 71.0 Å². The van der Waals surface area contributed by atoms with E-state index in [1.807, 2.05) is 41.5 Å². The van der Waals surface area contributed by atoms with E-state index in [2.05, 4.69) is 17.1 Å². The number of aromatic carboxylic acids is 1. The Balaban J connectivity index is 2.19. The van der Waals surface area contributed by atoms with Gasteiger partial charge >= 0.3 is 13.1 Å². The van der Waals surface area contributed by atoms with Gasteiger partial charge in [-0.3, -0.25) is 0 Å². The number of benzene rings is 1. The summed E-state index contributed by atoms with van der Waals surface area (Å²) in [6.07, 6.45) is 0. The van der Waals surface area contributed by atoms with Gasteiger partial charge in [0.25, 0.3) is 0 Å². The van der Waals surface area contributed by atoms with Crippen LogP contribution in [0.15, 0.2) is 0 Å². The lowest BCUT2D eigenvalue weighted by molar-refractivity contribution is 0.00578. The molecule has 27 heavy (non-hydrogen) atoms. The Morgan fingerprint density at radius 2 is 1.52 bits per heavy atom. The molecule has 0 aromatic heterocycles.